The zero-order valence-electron chi connectivity index (χ0n) is 14.3. The van der Waals surface area contributed by atoms with Crippen LogP contribution >= 0.6 is 11.3 Å². The van der Waals surface area contributed by atoms with Crippen molar-refractivity contribution >= 4 is 33.0 Å². The van der Waals surface area contributed by atoms with Gasteiger partial charge in [-0.2, -0.15) is 4.31 Å². The Kier molecular flexibility index (Phi) is 5.88. The number of ether oxygens (including phenoxy) is 1. The fourth-order valence-corrected chi connectivity index (χ4v) is 5.52. The molecule has 8 nitrogen and oxygen atoms in total. The molecule has 1 saturated heterocycles. The maximum Gasteiger partial charge on any atom is 0.309 e. The van der Waals surface area contributed by atoms with Crippen molar-refractivity contribution < 1.29 is 22.9 Å². The number of hydrogen-bond donors (Lipinski definition) is 0. The highest BCUT2D eigenvalue weighted by molar-refractivity contribution is 7.91. The molecule has 0 N–H and O–H groups in total. The average molecular weight is 410 g/mol. The number of carbonyl (C=O) groups is 1. The lowest BCUT2D eigenvalue weighted by molar-refractivity contribution is -0.384. The standard InChI is InChI=1S/C17H18N2O6S2/c20-17(25-12-13-3-1-4-15(11-13)19(21)22)14-6-8-18(9-7-14)27(23,24)16-5-2-10-26-16/h1-5,10-11,14H,6-9,12H2. The number of non-ortho nitro benzene ring substituents is 1. The van der Waals surface area contributed by atoms with Crippen LogP contribution in [0.25, 0.3) is 0 Å². The zero-order chi connectivity index (χ0) is 19.4. The van der Waals surface area contributed by atoms with Crippen molar-refractivity contribution in [2.24, 2.45) is 5.92 Å². The highest BCUT2D eigenvalue weighted by Gasteiger charge is 2.33. The largest absolute Gasteiger partial charge is 0.461 e. The summed E-state index contributed by atoms with van der Waals surface area (Å²) in [6, 6.07) is 9.18. The summed E-state index contributed by atoms with van der Waals surface area (Å²) < 4.78 is 31.9. The van der Waals surface area contributed by atoms with Crippen LogP contribution in [0.4, 0.5) is 5.69 Å². The predicted octanol–water partition coefficient (Wildman–Crippen LogP) is 2.80. The van der Waals surface area contributed by atoms with E-state index in [0.717, 1.165) is 0 Å². The summed E-state index contributed by atoms with van der Waals surface area (Å²) in [5.41, 5.74) is 0.478. The third-order valence-electron chi connectivity index (χ3n) is 4.38. The molecule has 2 aromatic rings. The topological polar surface area (TPSA) is 107 Å². The van der Waals surface area contributed by atoms with Gasteiger partial charge in [0.1, 0.15) is 10.8 Å². The van der Waals surface area contributed by atoms with Crippen molar-refractivity contribution in [2.45, 2.75) is 23.7 Å². The van der Waals surface area contributed by atoms with Gasteiger partial charge in [-0.05, 0) is 29.9 Å². The molecule has 27 heavy (non-hydrogen) atoms. The van der Waals surface area contributed by atoms with Gasteiger partial charge in [-0.15, -0.1) is 11.3 Å². The molecule has 0 amide bonds. The highest BCUT2D eigenvalue weighted by atomic mass is 32.2. The van der Waals surface area contributed by atoms with Gasteiger partial charge >= 0.3 is 5.97 Å². The van der Waals surface area contributed by atoms with Gasteiger partial charge < -0.3 is 4.74 Å². The van der Waals surface area contributed by atoms with Crippen LogP contribution in [0.2, 0.25) is 0 Å². The monoisotopic (exact) mass is 410 g/mol. The number of benzene rings is 1. The number of nitro groups is 1. The maximum atomic E-state index is 12.5. The van der Waals surface area contributed by atoms with Gasteiger partial charge in [-0.3, -0.25) is 14.9 Å². The Labute approximate surface area is 160 Å². The van der Waals surface area contributed by atoms with Crippen molar-refractivity contribution in [3.05, 3.63) is 57.5 Å². The molecule has 0 unspecified atom stereocenters. The molecular formula is C17H18N2O6S2. The number of thiophene rings is 1. The molecule has 0 saturated carbocycles. The van der Waals surface area contributed by atoms with Crippen LogP contribution in [0.15, 0.2) is 46.0 Å². The number of hydrogen-bond acceptors (Lipinski definition) is 7. The van der Waals surface area contributed by atoms with E-state index in [4.69, 9.17) is 4.74 Å². The Hall–Kier alpha value is -2.30. The van der Waals surface area contributed by atoms with Crippen molar-refractivity contribution in [3.8, 4) is 0 Å². The minimum absolute atomic E-state index is 0.0474. The van der Waals surface area contributed by atoms with Crippen LogP contribution in [-0.4, -0.2) is 36.7 Å². The first-order valence-corrected chi connectivity index (χ1v) is 10.6. The number of carbonyl (C=O) groups excluding carboxylic acids is 1. The second-order valence-electron chi connectivity index (χ2n) is 6.15. The molecule has 1 fully saturated rings. The van der Waals surface area contributed by atoms with Crippen LogP contribution in [0, 0.1) is 16.0 Å². The molecule has 144 valence electrons. The minimum atomic E-state index is -3.50. The van der Waals surface area contributed by atoms with E-state index in [1.165, 1.54) is 33.8 Å². The van der Waals surface area contributed by atoms with Gasteiger partial charge in [-0.1, -0.05) is 18.2 Å². The first-order chi connectivity index (χ1) is 12.9. The van der Waals surface area contributed by atoms with Gasteiger partial charge in [0.2, 0.25) is 0 Å². The molecule has 1 aromatic carbocycles. The summed E-state index contributed by atoms with van der Waals surface area (Å²) in [7, 11) is -3.50. The Morgan fingerprint density at radius 3 is 2.63 bits per heavy atom. The van der Waals surface area contributed by atoms with Gasteiger partial charge in [-0.25, -0.2) is 8.42 Å². The van der Waals surface area contributed by atoms with Crippen molar-refractivity contribution in [1.82, 2.24) is 4.31 Å². The van der Waals surface area contributed by atoms with Crippen LogP contribution < -0.4 is 0 Å². The third kappa shape index (κ3) is 4.52. The van der Waals surface area contributed by atoms with Crippen molar-refractivity contribution in [3.63, 3.8) is 0 Å². The number of esters is 1. The third-order valence-corrected chi connectivity index (χ3v) is 7.65. The summed E-state index contributed by atoms with van der Waals surface area (Å²) in [4.78, 5) is 22.5. The van der Waals surface area contributed by atoms with Gasteiger partial charge in [0.25, 0.3) is 15.7 Å². The van der Waals surface area contributed by atoms with E-state index < -0.39 is 20.9 Å². The second-order valence-corrected chi connectivity index (χ2v) is 9.26. The first kappa shape index (κ1) is 19.5. The zero-order valence-corrected chi connectivity index (χ0v) is 15.9. The molecule has 10 heteroatoms. The average Bonchev–Trinajstić information content (AvgIpc) is 3.22. The lowest BCUT2D eigenvalue weighted by Gasteiger charge is -2.29. The van der Waals surface area contributed by atoms with E-state index >= 15 is 0 Å². The number of sulfonamides is 1. The van der Waals surface area contributed by atoms with Gasteiger partial charge in [0, 0.05) is 25.2 Å². The lowest BCUT2D eigenvalue weighted by Crippen LogP contribution is -2.40. The first-order valence-electron chi connectivity index (χ1n) is 8.31. The van der Waals surface area contributed by atoms with E-state index in [0.29, 0.717) is 22.6 Å². The van der Waals surface area contributed by atoms with Gasteiger partial charge in [0.05, 0.1) is 10.8 Å². The van der Waals surface area contributed by atoms with Crippen LogP contribution in [-0.2, 0) is 26.2 Å². The fourth-order valence-electron chi connectivity index (χ4n) is 2.90. The Balaban J connectivity index is 1.53. The molecular weight excluding hydrogens is 392 g/mol. The summed E-state index contributed by atoms with van der Waals surface area (Å²) >= 11 is 1.17. The van der Waals surface area contributed by atoms with E-state index in [9.17, 15) is 23.3 Å². The molecule has 0 spiro atoms. The van der Waals surface area contributed by atoms with E-state index in [2.05, 4.69) is 0 Å². The van der Waals surface area contributed by atoms with Crippen LogP contribution in [0.5, 0.6) is 0 Å². The Morgan fingerprint density at radius 2 is 2.00 bits per heavy atom. The van der Waals surface area contributed by atoms with Crippen LogP contribution in [0.1, 0.15) is 18.4 Å². The Morgan fingerprint density at radius 1 is 1.26 bits per heavy atom. The molecule has 3 rings (SSSR count). The number of piperidine rings is 1. The predicted molar refractivity (Wildman–Crippen MR) is 98.7 cm³/mol. The molecule has 1 aliphatic rings. The number of rotatable bonds is 6. The molecule has 0 radical (unpaired) electrons. The summed E-state index contributed by atoms with van der Waals surface area (Å²) in [5, 5.41) is 12.5. The normalized spacial score (nSPS) is 16.1. The van der Waals surface area contributed by atoms with Gasteiger partial charge in [0.15, 0.2) is 0 Å². The smallest absolute Gasteiger partial charge is 0.309 e. The molecule has 2 heterocycles. The van der Waals surface area contributed by atoms with Crippen molar-refractivity contribution in [1.29, 1.82) is 0 Å². The second kappa shape index (κ2) is 8.15. The quantitative estimate of drug-likeness (QED) is 0.412. The minimum Gasteiger partial charge on any atom is -0.461 e. The molecule has 1 aliphatic heterocycles. The molecule has 0 aliphatic carbocycles. The molecule has 0 atom stereocenters. The lowest BCUT2D eigenvalue weighted by atomic mass is 9.98. The highest BCUT2D eigenvalue weighted by Crippen LogP contribution is 2.27. The van der Waals surface area contributed by atoms with E-state index in [-0.39, 0.29) is 31.3 Å². The molecule has 1 aromatic heterocycles. The molecule has 0 bridgehead atoms. The maximum absolute atomic E-state index is 12.5. The van der Waals surface area contributed by atoms with E-state index in [1.54, 1.807) is 23.6 Å². The Bertz CT molecular complexity index is 919. The van der Waals surface area contributed by atoms with Crippen molar-refractivity contribution in [2.75, 3.05) is 13.1 Å². The number of nitro benzene ring substituents is 1. The summed E-state index contributed by atoms with van der Waals surface area (Å²) in [6.07, 6.45) is 0.775. The fraction of sp³-hybridized carbons (Fsp3) is 0.353. The summed E-state index contributed by atoms with van der Waals surface area (Å²) in [5.74, 6) is -0.784. The summed E-state index contributed by atoms with van der Waals surface area (Å²) in [6.45, 7) is 0.474. The van der Waals surface area contributed by atoms with E-state index in [1.807, 2.05) is 0 Å². The number of nitrogens with zero attached hydrogens (tertiary/aromatic N) is 2. The SMILES string of the molecule is O=C(OCc1cccc([N+](=O)[O-])c1)C1CCN(S(=O)(=O)c2cccs2)CC1. The van der Waals surface area contributed by atoms with Crippen LogP contribution in [0.3, 0.4) is 0 Å².